The van der Waals surface area contributed by atoms with Gasteiger partial charge in [-0.05, 0) is 32.0 Å². The van der Waals surface area contributed by atoms with Gasteiger partial charge >= 0.3 is 6.61 Å². The van der Waals surface area contributed by atoms with Gasteiger partial charge in [-0.2, -0.15) is 8.78 Å². The van der Waals surface area contributed by atoms with E-state index in [0.717, 1.165) is 12.0 Å². The Morgan fingerprint density at radius 2 is 2.24 bits per heavy atom. The lowest BCUT2D eigenvalue weighted by Crippen LogP contribution is -2.19. The average Bonchev–Trinajstić information content (AvgIpc) is 2.28. The Hall–Kier alpha value is -1.49. The van der Waals surface area contributed by atoms with Crippen LogP contribution in [0.5, 0.6) is 5.75 Å². The summed E-state index contributed by atoms with van der Waals surface area (Å²) >= 11 is 0. The zero-order valence-corrected chi connectivity index (χ0v) is 9.86. The monoisotopic (exact) mass is 242 g/mol. The van der Waals surface area contributed by atoms with Gasteiger partial charge in [-0.3, -0.25) is 4.98 Å². The molecule has 0 aliphatic rings. The standard InChI is InChI=1S/C12H16F2N2O/c1-9(15-2)4-3-5-10-6-11(8-16-7-10)17-12(13)14/h3,5-9,12,15H,4H2,1-2H3/b5-3+. The van der Waals surface area contributed by atoms with E-state index in [-0.39, 0.29) is 5.75 Å². The number of hydrogen-bond donors (Lipinski definition) is 1. The predicted molar refractivity (Wildman–Crippen MR) is 63.0 cm³/mol. The first-order valence-electron chi connectivity index (χ1n) is 5.35. The van der Waals surface area contributed by atoms with Crippen LogP contribution in [0.3, 0.4) is 0 Å². The van der Waals surface area contributed by atoms with Gasteiger partial charge in [0.1, 0.15) is 5.75 Å². The van der Waals surface area contributed by atoms with Crippen molar-refractivity contribution >= 4 is 6.08 Å². The Bertz CT molecular complexity index is 369. The molecule has 0 spiro atoms. The topological polar surface area (TPSA) is 34.2 Å². The molecule has 17 heavy (non-hydrogen) atoms. The Kier molecular flexibility index (Phi) is 5.56. The van der Waals surface area contributed by atoms with E-state index >= 15 is 0 Å². The summed E-state index contributed by atoms with van der Waals surface area (Å²) in [5.41, 5.74) is 0.742. The van der Waals surface area contributed by atoms with Crippen LogP contribution in [0.2, 0.25) is 0 Å². The predicted octanol–water partition coefficient (Wildman–Crippen LogP) is 2.69. The SMILES string of the molecule is CNC(C)C/C=C/c1cncc(OC(F)F)c1. The highest BCUT2D eigenvalue weighted by Crippen LogP contribution is 2.15. The Balaban J connectivity index is 2.59. The molecular weight excluding hydrogens is 226 g/mol. The highest BCUT2D eigenvalue weighted by molar-refractivity contribution is 5.49. The van der Waals surface area contributed by atoms with Crippen molar-refractivity contribution in [1.82, 2.24) is 10.3 Å². The number of hydrogen-bond acceptors (Lipinski definition) is 3. The minimum absolute atomic E-state index is 0.0730. The van der Waals surface area contributed by atoms with Crippen LogP contribution in [0.15, 0.2) is 24.5 Å². The molecule has 0 aliphatic heterocycles. The lowest BCUT2D eigenvalue weighted by molar-refractivity contribution is -0.0500. The van der Waals surface area contributed by atoms with E-state index in [9.17, 15) is 8.78 Å². The van der Waals surface area contributed by atoms with Gasteiger partial charge in [0.05, 0.1) is 6.20 Å². The first-order valence-corrected chi connectivity index (χ1v) is 5.35. The molecule has 5 heteroatoms. The van der Waals surface area contributed by atoms with Gasteiger partial charge < -0.3 is 10.1 Å². The smallest absolute Gasteiger partial charge is 0.387 e. The third kappa shape index (κ3) is 5.40. The molecule has 94 valence electrons. The van der Waals surface area contributed by atoms with Crippen LogP contribution in [0, 0.1) is 0 Å². The molecule has 3 nitrogen and oxygen atoms in total. The van der Waals surface area contributed by atoms with Gasteiger partial charge in [-0.25, -0.2) is 0 Å². The molecule has 1 aromatic heterocycles. The zero-order chi connectivity index (χ0) is 12.7. The number of halogens is 2. The van der Waals surface area contributed by atoms with Crippen molar-refractivity contribution in [2.24, 2.45) is 0 Å². The van der Waals surface area contributed by atoms with Crippen LogP contribution in [0.1, 0.15) is 18.9 Å². The normalized spacial score (nSPS) is 13.2. The molecule has 1 heterocycles. The molecule has 1 rings (SSSR count). The fourth-order valence-electron chi connectivity index (χ4n) is 1.22. The summed E-state index contributed by atoms with van der Waals surface area (Å²) < 4.78 is 28.2. The van der Waals surface area contributed by atoms with E-state index in [1.807, 2.05) is 19.2 Å². The van der Waals surface area contributed by atoms with Crippen LogP contribution < -0.4 is 10.1 Å². The Morgan fingerprint density at radius 3 is 2.88 bits per heavy atom. The summed E-state index contributed by atoms with van der Waals surface area (Å²) in [6, 6.07) is 1.90. The van der Waals surface area contributed by atoms with Crippen LogP contribution in [-0.2, 0) is 0 Å². The van der Waals surface area contributed by atoms with Crippen molar-refractivity contribution < 1.29 is 13.5 Å². The maximum atomic E-state index is 12.0. The van der Waals surface area contributed by atoms with Crippen molar-refractivity contribution in [3.63, 3.8) is 0 Å². The number of rotatable bonds is 6. The molecule has 0 aliphatic carbocycles. The van der Waals surface area contributed by atoms with Gasteiger partial charge in [0.25, 0.3) is 0 Å². The number of aromatic nitrogens is 1. The fraction of sp³-hybridized carbons (Fsp3) is 0.417. The molecule has 0 fully saturated rings. The summed E-state index contributed by atoms with van der Waals surface area (Å²) in [6.45, 7) is -0.765. The molecule has 1 N–H and O–H groups in total. The van der Waals surface area contributed by atoms with Gasteiger partial charge in [-0.15, -0.1) is 0 Å². The van der Waals surface area contributed by atoms with Crippen LogP contribution in [0.25, 0.3) is 6.08 Å². The van der Waals surface area contributed by atoms with Crippen LogP contribution >= 0.6 is 0 Å². The van der Waals surface area contributed by atoms with Gasteiger partial charge in [0.2, 0.25) is 0 Å². The second-order valence-electron chi connectivity index (χ2n) is 3.66. The number of nitrogens with one attached hydrogen (secondary N) is 1. The maximum absolute atomic E-state index is 12.0. The van der Waals surface area contributed by atoms with Gasteiger partial charge in [0.15, 0.2) is 0 Å². The third-order valence-corrected chi connectivity index (χ3v) is 2.25. The number of ether oxygens (including phenoxy) is 1. The first kappa shape index (κ1) is 13.6. The van der Waals surface area contributed by atoms with Crippen molar-refractivity contribution in [1.29, 1.82) is 0 Å². The minimum atomic E-state index is -2.82. The molecule has 1 unspecified atom stereocenters. The molecular formula is C12H16F2N2O. The Morgan fingerprint density at radius 1 is 1.47 bits per heavy atom. The molecule has 0 aromatic carbocycles. The summed E-state index contributed by atoms with van der Waals surface area (Å²) in [6.07, 6.45) is 7.51. The third-order valence-electron chi connectivity index (χ3n) is 2.25. The molecule has 0 bridgehead atoms. The van der Waals surface area contributed by atoms with E-state index in [1.165, 1.54) is 12.3 Å². The van der Waals surface area contributed by atoms with Gasteiger partial charge in [-0.1, -0.05) is 12.2 Å². The van der Waals surface area contributed by atoms with E-state index in [0.29, 0.717) is 6.04 Å². The number of pyridine rings is 1. The molecule has 1 aromatic rings. The second kappa shape index (κ2) is 6.96. The molecule has 0 amide bonds. The largest absolute Gasteiger partial charge is 0.433 e. The molecule has 0 saturated heterocycles. The van der Waals surface area contributed by atoms with E-state index < -0.39 is 6.61 Å². The summed E-state index contributed by atoms with van der Waals surface area (Å²) in [7, 11) is 1.89. The maximum Gasteiger partial charge on any atom is 0.387 e. The molecule has 0 saturated carbocycles. The minimum Gasteiger partial charge on any atom is -0.433 e. The highest BCUT2D eigenvalue weighted by Gasteiger charge is 2.04. The zero-order valence-electron chi connectivity index (χ0n) is 9.86. The first-order chi connectivity index (χ1) is 8.11. The summed E-state index contributed by atoms with van der Waals surface area (Å²) in [5.74, 6) is 0.0730. The van der Waals surface area contributed by atoms with Crippen molar-refractivity contribution in [3.05, 3.63) is 30.1 Å². The van der Waals surface area contributed by atoms with Crippen molar-refractivity contribution in [2.75, 3.05) is 7.05 Å². The van der Waals surface area contributed by atoms with Crippen LogP contribution in [-0.4, -0.2) is 24.7 Å². The quantitative estimate of drug-likeness (QED) is 0.832. The van der Waals surface area contributed by atoms with Crippen LogP contribution in [0.4, 0.5) is 8.78 Å². The lowest BCUT2D eigenvalue weighted by atomic mass is 10.2. The van der Waals surface area contributed by atoms with E-state index in [1.54, 1.807) is 6.20 Å². The Labute approximate surface area is 99.5 Å². The lowest BCUT2D eigenvalue weighted by Gasteiger charge is -2.05. The van der Waals surface area contributed by atoms with E-state index in [4.69, 9.17) is 0 Å². The molecule has 0 radical (unpaired) electrons. The average molecular weight is 242 g/mol. The van der Waals surface area contributed by atoms with E-state index in [2.05, 4.69) is 22.0 Å². The fourth-order valence-corrected chi connectivity index (χ4v) is 1.22. The number of nitrogens with zero attached hydrogens (tertiary/aromatic N) is 1. The second-order valence-corrected chi connectivity index (χ2v) is 3.66. The summed E-state index contributed by atoms with van der Waals surface area (Å²) in [4.78, 5) is 3.83. The van der Waals surface area contributed by atoms with Crippen molar-refractivity contribution in [2.45, 2.75) is 26.0 Å². The number of alkyl halides is 2. The summed E-state index contributed by atoms with van der Waals surface area (Å²) in [5, 5.41) is 3.10. The van der Waals surface area contributed by atoms with Gasteiger partial charge in [0, 0.05) is 12.2 Å². The van der Waals surface area contributed by atoms with Crippen molar-refractivity contribution in [3.8, 4) is 5.75 Å². The molecule has 1 atom stereocenters. The highest BCUT2D eigenvalue weighted by atomic mass is 19.3.